The van der Waals surface area contributed by atoms with Gasteiger partial charge in [0.15, 0.2) is 5.60 Å². The van der Waals surface area contributed by atoms with Crippen LogP contribution in [0.15, 0.2) is 65.3 Å². The second-order valence-corrected chi connectivity index (χ2v) is 11.1. The van der Waals surface area contributed by atoms with E-state index in [0.29, 0.717) is 43.7 Å². The second kappa shape index (κ2) is 12.0. The number of piperazine rings is 1. The van der Waals surface area contributed by atoms with Gasteiger partial charge in [0.1, 0.15) is 0 Å². The van der Waals surface area contributed by atoms with Gasteiger partial charge in [-0.2, -0.15) is 0 Å². The predicted molar refractivity (Wildman–Crippen MR) is 155 cm³/mol. The number of nitrogens with zero attached hydrogens (tertiary/aromatic N) is 5. The van der Waals surface area contributed by atoms with Crippen molar-refractivity contribution in [2.75, 3.05) is 36.0 Å². The zero-order valence-electron chi connectivity index (χ0n) is 22.3. The first-order valence-corrected chi connectivity index (χ1v) is 14.2. The molecule has 2 aromatic carbocycles. The van der Waals surface area contributed by atoms with Crippen molar-refractivity contribution in [3.8, 4) is 0 Å². The minimum atomic E-state index is -1.73. The van der Waals surface area contributed by atoms with Gasteiger partial charge in [-0.15, -0.1) is 5.10 Å². The molecule has 210 valence electrons. The standard InChI is InChI=1S/C29H33BrN6O4/c1-20(5-2-3-12-34-19-23(10-14-37)32-33-34)29(40)25-16-22(30)8-9-26(25)36(28(29)39)18-21-6-4-7-24(15-21)35-13-11-31-17-27(35)38/h2,4-9,15-16,19-20,31,37,40H,3,10-14,17-18H2,1H3/b5-2+/t20-,29+/m0/s1. The molecule has 1 aromatic heterocycles. The Kier molecular flexibility index (Phi) is 8.46. The number of halogens is 1. The minimum absolute atomic E-state index is 0.0141. The summed E-state index contributed by atoms with van der Waals surface area (Å²) >= 11 is 3.50. The molecule has 10 nitrogen and oxygen atoms in total. The number of rotatable bonds is 10. The van der Waals surface area contributed by atoms with Crippen LogP contribution in [0.1, 0.15) is 30.2 Å². The highest BCUT2D eigenvalue weighted by molar-refractivity contribution is 9.10. The molecule has 2 aliphatic rings. The number of hydrogen-bond donors (Lipinski definition) is 3. The number of aliphatic hydroxyl groups is 2. The molecule has 0 radical (unpaired) electrons. The van der Waals surface area contributed by atoms with Crippen LogP contribution in [0.3, 0.4) is 0 Å². The van der Waals surface area contributed by atoms with Gasteiger partial charge in [-0.3, -0.25) is 14.3 Å². The van der Waals surface area contributed by atoms with Gasteiger partial charge >= 0.3 is 0 Å². The summed E-state index contributed by atoms with van der Waals surface area (Å²) in [5, 5.41) is 32.2. The van der Waals surface area contributed by atoms with Crippen LogP contribution in [0.5, 0.6) is 0 Å². The van der Waals surface area contributed by atoms with Gasteiger partial charge in [0.25, 0.3) is 5.91 Å². The van der Waals surface area contributed by atoms with E-state index < -0.39 is 11.5 Å². The number of nitrogens with one attached hydrogen (secondary N) is 1. The minimum Gasteiger partial charge on any atom is -0.396 e. The van der Waals surface area contributed by atoms with Crippen molar-refractivity contribution in [3.05, 3.63) is 82.1 Å². The molecule has 40 heavy (non-hydrogen) atoms. The monoisotopic (exact) mass is 608 g/mol. The summed E-state index contributed by atoms with van der Waals surface area (Å²) in [6.45, 7) is 4.35. The lowest BCUT2D eigenvalue weighted by molar-refractivity contribution is -0.139. The third-order valence-electron chi connectivity index (χ3n) is 7.45. The zero-order valence-corrected chi connectivity index (χ0v) is 23.9. The maximum Gasteiger partial charge on any atom is 0.264 e. The van der Waals surface area contributed by atoms with E-state index in [-0.39, 0.29) is 25.0 Å². The van der Waals surface area contributed by atoms with E-state index in [9.17, 15) is 14.7 Å². The summed E-state index contributed by atoms with van der Waals surface area (Å²) in [5.41, 5.74) is 1.89. The molecule has 2 amide bonds. The summed E-state index contributed by atoms with van der Waals surface area (Å²) in [6, 6.07) is 13.2. The molecule has 0 aliphatic carbocycles. The molecule has 3 aromatic rings. The quantitative estimate of drug-likeness (QED) is 0.302. The lowest BCUT2D eigenvalue weighted by Gasteiger charge is -2.29. The van der Waals surface area contributed by atoms with Crippen molar-refractivity contribution < 1.29 is 19.8 Å². The van der Waals surface area contributed by atoms with Crippen molar-refractivity contribution >= 4 is 39.1 Å². The summed E-state index contributed by atoms with van der Waals surface area (Å²) in [7, 11) is 0. The summed E-state index contributed by atoms with van der Waals surface area (Å²) in [5.74, 6) is -0.866. The molecule has 5 rings (SSSR count). The Balaban J connectivity index is 1.34. The highest BCUT2D eigenvalue weighted by Gasteiger charge is 2.52. The first-order valence-electron chi connectivity index (χ1n) is 13.4. The van der Waals surface area contributed by atoms with E-state index >= 15 is 0 Å². The Morgan fingerprint density at radius 3 is 2.88 bits per heavy atom. The first kappa shape index (κ1) is 28.2. The molecule has 0 bridgehead atoms. The molecule has 0 spiro atoms. The first-order chi connectivity index (χ1) is 19.3. The van der Waals surface area contributed by atoms with Gasteiger partial charge in [0, 0.05) is 60.5 Å². The molecule has 0 unspecified atom stereocenters. The van der Waals surface area contributed by atoms with Crippen LogP contribution in [0.25, 0.3) is 0 Å². The number of anilines is 2. The number of benzene rings is 2. The van der Waals surface area contributed by atoms with Gasteiger partial charge in [-0.1, -0.05) is 52.4 Å². The largest absolute Gasteiger partial charge is 0.396 e. The smallest absolute Gasteiger partial charge is 0.264 e. The van der Waals surface area contributed by atoms with Gasteiger partial charge in [0.05, 0.1) is 24.5 Å². The van der Waals surface area contributed by atoms with Gasteiger partial charge in [-0.05, 0) is 42.3 Å². The second-order valence-electron chi connectivity index (χ2n) is 10.2. The Morgan fingerprint density at radius 1 is 1.23 bits per heavy atom. The van der Waals surface area contributed by atoms with Crippen molar-refractivity contribution in [2.45, 2.75) is 38.5 Å². The maximum atomic E-state index is 13.9. The lowest BCUT2D eigenvalue weighted by atomic mass is 9.83. The van der Waals surface area contributed by atoms with Crippen LogP contribution in [0.4, 0.5) is 11.4 Å². The van der Waals surface area contributed by atoms with Crippen LogP contribution >= 0.6 is 15.9 Å². The summed E-state index contributed by atoms with van der Waals surface area (Å²) in [4.78, 5) is 29.7. The topological polar surface area (TPSA) is 124 Å². The van der Waals surface area contributed by atoms with Crippen molar-refractivity contribution in [1.29, 1.82) is 0 Å². The number of fused-ring (bicyclic) bond motifs is 1. The highest BCUT2D eigenvalue weighted by Crippen LogP contribution is 2.46. The molecule has 3 N–H and O–H groups in total. The molecule has 1 saturated heterocycles. The summed E-state index contributed by atoms with van der Waals surface area (Å²) in [6.07, 6.45) is 6.72. The molecule has 11 heteroatoms. The fourth-order valence-corrected chi connectivity index (χ4v) is 5.65. The number of hydrogen-bond acceptors (Lipinski definition) is 7. The van der Waals surface area contributed by atoms with E-state index in [0.717, 1.165) is 28.0 Å². The number of carbonyl (C=O) groups is 2. The van der Waals surface area contributed by atoms with Gasteiger partial charge in [0.2, 0.25) is 5.91 Å². The van der Waals surface area contributed by atoms with Crippen LogP contribution in [-0.4, -0.2) is 63.3 Å². The number of aromatic nitrogens is 3. The SMILES string of the molecule is C[C@@H](/C=C/CCn1cc(CCO)nn1)[C@]1(O)C(=O)N(Cc2cccc(N3CCNCC3=O)c2)c2ccc(Br)cc21. The Bertz CT molecular complexity index is 1430. The molecule has 2 aliphatic heterocycles. The van der Waals surface area contributed by atoms with Crippen LogP contribution in [-0.2, 0) is 34.7 Å². The zero-order chi connectivity index (χ0) is 28.3. The molecule has 0 saturated carbocycles. The number of amides is 2. The molecular formula is C29H33BrN6O4. The fraction of sp³-hybridized carbons (Fsp3) is 0.379. The van der Waals surface area contributed by atoms with Crippen molar-refractivity contribution in [1.82, 2.24) is 20.3 Å². The number of aryl methyl sites for hydroxylation is 1. The van der Waals surface area contributed by atoms with Crippen LogP contribution in [0, 0.1) is 5.92 Å². The summed E-state index contributed by atoms with van der Waals surface area (Å²) < 4.78 is 2.49. The van der Waals surface area contributed by atoms with Gasteiger partial charge < -0.3 is 25.3 Å². The van der Waals surface area contributed by atoms with Crippen LogP contribution < -0.4 is 15.1 Å². The molecule has 3 heterocycles. The van der Waals surface area contributed by atoms with E-state index in [2.05, 4.69) is 31.6 Å². The lowest BCUT2D eigenvalue weighted by Crippen LogP contribution is -2.48. The number of aliphatic hydroxyl groups excluding tert-OH is 1. The molecule has 1 fully saturated rings. The Morgan fingerprint density at radius 2 is 2.08 bits per heavy atom. The highest BCUT2D eigenvalue weighted by atomic mass is 79.9. The Labute approximate surface area is 241 Å². The normalized spacial score (nSPS) is 20.0. The number of carbonyl (C=O) groups excluding carboxylic acids is 2. The van der Waals surface area contributed by atoms with Crippen LogP contribution in [0.2, 0.25) is 0 Å². The number of allylic oxidation sites excluding steroid dienone is 1. The van der Waals surface area contributed by atoms with E-state index in [1.54, 1.807) is 20.7 Å². The third-order valence-corrected chi connectivity index (χ3v) is 7.94. The maximum absolute atomic E-state index is 13.9. The Hall–Kier alpha value is -3.38. The average molecular weight is 610 g/mol. The van der Waals surface area contributed by atoms with Crippen molar-refractivity contribution in [2.24, 2.45) is 5.92 Å². The molecular weight excluding hydrogens is 576 g/mol. The van der Waals surface area contributed by atoms with Crippen molar-refractivity contribution in [3.63, 3.8) is 0 Å². The van der Waals surface area contributed by atoms with E-state index in [1.165, 1.54) is 0 Å². The van der Waals surface area contributed by atoms with Gasteiger partial charge in [-0.25, -0.2) is 0 Å². The predicted octanol–water partition coefficient (Wildman–Crippen LogP) is 2.53. The molecule has 2 atom stereocenters. The average Bonchev–Trinajstić information content (AvgIpc) is 3.48. The fourth-order valence-electron chi connectivity index (χ4n) is 5.28. The third kappa shape index (κ3) is 5.60. The van der Waals surface area contributed by atoms with E-state index in [1.807, 2.05) is 61.5 Å². The van der Waals surface area contributed by atoms with E-state index in [4.69, 9.17) is 5.11 Å².